The summed E-state index contributed by atoms with van der Waals surface area (Å²) in [7, 11) is 0. The van der Waals surface area contributed by atoms with Crippen LogP contribution in [0.1, 0.15) is 26.5 Å². The number of nitrogens with zero attached hydrogens (tertiary/aromatic N) is 4. The SMILES string of the molecule is CC(C)(C)OC(=O)N1CCn2ncc(-c3nccs3)c2C1. The summed E-state index contributed by atoms with van der Waals surface area (Å²) in [4.78, 5) is 18.3. The van der Waals surface area contributed by atoms with Gasteiger partial charge < -0.3 is 9.64 Å². The maximum Gasteiger partial charge on any atom is 0.410 e. The van der Waals surface area contributed by atoms with Crippen LogP contribution in [0.5, 0.6) is 0 Å². The third-order valence-electron chi connectivity index (χ3n) is 3.19. The van der Waals surface area contributed by atoms with Crippen molar-refractivity contribution in [2.75, 3.05) is 6.54 Å². The van der Waals surface area contributed by atoms with Crippen LogP contribution in [0.3, 0.4) is 0 Å². The number of hydrogen-bond donors (Lipinski definition) is 0. The number of amides is 1. The van der Waals surface area contributed by atoms with Crippen LogP contribution >= 0.6 is 11.3 Å². The first-order valence-electron chi connectivity index (χ1n) is 6.86. The van der Waals surface area contributed by atoms with Gasteiger partial charge in [-0.2, -0.15) is 5.10 Å². The fourth-order valence-electron chi connectivity index (χ4n) is 2.26. The quantitative estimate of drug-likeness (QED) is 0.813. The molecule has 0 unspecified atom stereocenters. The summed E-state index contributed by atoms with van der Waals surface area (Å²) in [5, 5.41) is 7.26. The normalized spacial score (nSPS) is 14.9. The van der Waals surface area contributed by atoms with Crippen molar-refractivity contribution in [3.8, 4) is 10.6 Å². The van der Waals surface area contributed by atoms with E-state index in [1.54, 1.807) is 22.4 Å². The lowest BCUT2D eigenvalue weighted by atomic mass is 10.2. The average molecular weight is 306 g/mol. The molecule has 1 aliphatic rings. The first-order chi connectivity index (χ1) is 9.94. The molecular formula is C14H18N4O2S. The molecule has 3 heterocycles. The number of aromatic nitrogens is 3. The van der Waals surface area contributed by atoms with Crippen molar-refractivity contribution in [2.24, 2.45) is 0 Å². The summed E-state index contributed by atoms with van der Waals surface area (Å²) < 4.78 is 7.39. The standard InChI is InChI=1S/C14H18N4O2S/c1-14(2,3)20-13(19)17-5-6-18-11(9-17)10(8-16-18)12-15-4-7-21-12/h4,7-8H,5-6,9H2,1-3H3. The van der Waals surface area contributed by atoms with E-state index in [9.17, 15) is 4.79 Å². The maximum atomic E-state index is 12.2. The van der Waals surface area contributed by atoms with E-state index < -0.39 is 5.60 Å². The molecule has 0 N–H and O–H groups in total. The number of hydrogen-bond acceptors (Lipinski definition) is 5. The lowest BCUT2D eigenvalue weighted by Gasteiger charge is -2.30. The first-order valence-corrected chi connectivity index (χ1v) is 7.74. The second-order valence-corrected chi connectivity index (χ2v) is 6.86. The summed E-state index contributed by atoms with van der Waals surface area (Å²) >= 11 is 1.57. The van der Waals surface area contributed by atoms with Gasteiger partial charge in [-0.15, -0.1) is 11.3 Å². The molecule has 2 aromatic rings. The largest absolute Gasteiger partial charge is 0.444 e. The van der Waals surface area contributed by atoms with Crippen LogP contribution in [0.4, 0.5) is 4.79 Å². The highest BCUT2D eigenvalue weighted by atomic mass is 32.1. The van der Waals surface area contributed by atoms with Gasteiger partial charge in [-0.1, -0.05) is 0 Å². The molecule has 6 nitrogen and oxygen atoms in total. The van der Waals surface area contributed by atoms with Crippen molar-refractivity contribution in [2.45, 2.75) is 39.5 Å². The van der Waals surface area contributed by atoms with Gasteiger partial charge in [0.15, 0.2) is 0 Å². The van der Waals surface area contributed by atoms with Crippen molar-refractivity contribution in [3.05, 3.63) is 23.5 Å². The van der Waals surface area contributed by atoms with Gasteiger partial charge in [-0.05, 0) is 20.8 Å². The number of carbonyl (C=O) groups is 1. The summed E-state index contributed by atoms with van der Waals surface area (Å²) in [5.74, 6) is 0. The Morgan fingerprint density at radius 2 is 2.19 bits per heavy atom. The second-order valence-electron chi connectivity index (χ2n) is 5.97. The monoisotopic (exact) mass is 306 g/mol. The van der Waals surface area contributed by atoms with Gasteiger partial charge >= 0.3 is 6.09 Å². The number of fused-ring (bicyclic) bond motifs is 1. The van der Waals surface area contributed by atoms with E-state index in [4.69, 9.17) is 4.74 Å². The molecule has 0 spiro atoms. The Morgan fingerprint density at radius 3 is 2.86 bits per heavy atom. The fraction of sp³-hybridized carbons (Fsp3) is 0.500. The highest BCUT2D eigenvalue weighted by molar-refractivity contribution is 7.13. The van der Waals surface area contributed by atoms with E-state index in [-0.39, 0.29) is 6.09 Å². The lowest BCUT2D eigenvalue weighted by molar-refractivity contribution is 0.0195. The predicted molar refractivity (Wildman–Crippen MR) is 80.0 cm³/mol. The predicted octanol–water partition coefficient (Wildman–Crippen LogP) is 2.76. The third-order valence-corrected chi connectivity index (χ3v) is 3.99. The zero-order valence-electron chi connectivity index (χ0n) is 12.4. The maximum absolute atomic E-state index is 12.2. The van der Waals surface area contributed by atoms with Gasteiger partial charge in [0.2, 0.25) is 0 Å². The Balaban J connectivity index is 1.82. The number of rotatable bonds is 1. The van der Waals surface area contributed by atoms with Crippen LogP contribution in [-0.2, 0) is 17.8 Å². The fourth-order valence-corrected chi connectivity index (χ4v) is 2.93. The Labute approximate surface area is 127 Å². The van der Waals surface area contributed by atoms with Gasteiger partial charge in [0.05, 0.1) is 30.5 Å². The zero-order chi connectivity index (χ0) is 15.0. The van der Waals surface area contributed by atoms with Gasteiger partial charge in [0, 0.05) is 18.1 Å². The number of thiazole rings is 1. The van der Waals surface area contributed by atoms with Gasteiger partial charge in [-0.25, -0.2) is 9.78 Å². The van der Waals surface area contributed by atoms with Gasteiger partial charge in [-0.3, -0.25) is 4.68 Å². The van der Waals surface area contributed by atoms with Crippen molar-refractivity contribution in [1.29, 1.82) is 0 Å². The second kappa shape index (κ2) is 5.14. The smallest absolute Gasteiger partial charge is 0.410 e. The summed E-state index contributed by atoms with van der Waals surface area (Å²) in [6.45, 7) is 7.42. The van der Waals surface area contributed by atoms with Crippen LogP contribution in [0.25, 0.3) is 10.6 Å². The molecule has 0 saturated heterocycles. The first kappa shape index (κ1) is 14.1. The number of carbonyl (C=O) groups excluding carboxylic acids is 1. The Kier molecular flexibility index (Phi) is 3.44. The Morgan fingerprint density at radius 1 is 1.38 bits per heavy atom. The van der Waals surface area contributed by atoms with E-state index >= 15 is 0 Å². The molecule has 112 valence electrons. The Hall–Kier alpha value is -1.89. The minimum Gasteiger partial charge on any atom is -0.444 e. The van der Waals surface area contributed by atoms with Crippen molar-refractivity contribution in [3.63, 3.8) is 0 Å². The summed E-state index contributed by atoms with van der Waals surface area (Å²) in [6.07, 6.45) is 3.32. The minimum atomic E-state index is -0.479. The lowest BCUT2D eigenvalue weighted by Crippen LogP contribution is -2.41. The van der Waals surface area contributed by atoms with E-state index in [1.165, 1.54) is 0 Å². The third kappa shape index (κ3) is 2.92. The van der Waals surface area contributed by atoms with Gasteiger partial charge in [0.25, 0.3) is 0 Å². The summed E-state index contributed by atoms with van der Waals surface area (Å²) in [6, 6.07) is 0. The highest BCUT2D eigenvalue weighted by Crippen LogP contribution is 2.28. The molecule has 0 saturated carbocycles. The molecule has 3 rings (SSSR count). The van der Waals surface area contributed by atoms with Crippen LogP contribution in [0, 0.1) is 0 Å². The van der Waals surface area contributed by atoms with Crippen molar-refractivity contribution in [1.82, 2.24) is 19.7 Å². The number of ether oxygens (including phenoxy) is 1. The van der Waals surface area contributed by atoms with Crippen LogP contribution in [-0.4, -0.2) is 37.9 Å². The average Bonchev–Trinajstić information content (AvgIpc) is 3.04. The molecule has 0 aromatic carbocycles. The van der Waals surface area contributed by atoms with E-state index in [1.807, 2.05) is 37.0 Å². The van der Waals surface area contributed by atoms with Crippen molar-refractivity contribution >= 4 is 17.4 Å². The van der Waals surface area contributed by atoms with Gasteiger partial charge in [0.1, 0.15) is 10.6 Å². The molecule has 21 heavy (non-hydrogen) atoms. The molecule has 2 aromatic heterocycles. The molecule has 0 radical (unpaired) electrons. The highest BCUT2D eigenvalue weighted by Gasteiger charge is 2.28. The molecule has 0 aliphatic carbocycles. The van der Waals surface area contributed by atoms with Crippen LogP contribution in [0.15, 0.2) is 17.8 Å². The van der Waals surface area contributed by atoms with Crippen LogP contribution < -0.4 is 0 Å². The van der Waals surface area contributed by atoms with Crippen molar-refractivity contribution < 1.29 is 9.53 Å². The summed E-state index contributed by atoms with van der Waals surface area (Å²) in [5.41, 5.74) is 1.53. The zero-order valence-corrected chi connectivity index (χ0v) is 13.2. The van der Waals surface area contributed by atoms with E-state index in [0.29, 0.717) is 19.6 Å². The Bertz CT molecular complexity index is 642. The molecule has 1 amide bonds. The minimum absolute atomic E-state index is 0.278. The van der Waals surface area contributed by atoms with Crippen LogP contribution in [0.2, 0.25) is 0 Å². The molecule has 0 atom stereocenters. The van der Waals surface area contributed by atoms with E-state index in [0.717, 1.165) is 16.3 Å². The molecule has 1 aliphatic heterocycles. The molecule has 0 fully saturated rings. The topological polar surface area (TPSA) is 60.2 Å². The molecule has 0 bridgehead atoms. The molecule has 7 heteroatoms. The molecular weight excluding hydrogens is 288 g/mol. The van der Waals surface area contributed by atoms with E-state index in [2.05, 4.69) is 10.1 Å².